The first-order valence-corrected chi connectivity index (χ1v) is 6.87. The van der Waals surface area contributed by atoms with E-state index in [0.717, 1.165) is 31.5 Å². The minimum absolute atomic E-state index is 0.144. The molecule has 0 saturated carbocycles. The van der Waals surface area contributed by atoms with E-state index in [1.165, 1.54) is 11.6 Å². The number of likely N-dealkylation sites (tertiary alicyclic amines) is 1. The molecular formula is C15H23FN2. The van der Waals surface area contributed by atoms with E-state index in [1.807, 2.05) is 6.07 Å². The second-order valence-corrected chi connectivity index (χ2v) is 5.27. The van der Waals surface area contributed by atoms with Crippen molar-refractivity contribution in [2.75, 3.05) is 19.6 Å². The summed E-state index contributed by atoms with van der Waals surface area (Å²) in [5, 5.41) is 0. The second kappa shape index (κ2) is 5.81. The second-order valence-electron chi connectivity index (χ2n) is 5.27. The first-order chi connectivity index (χ1) is 8.67. The van der Waals surface area contributed by atoms with E-state index in [1.54, 1.807) is 6.07 Å². The van der Waals surface area contributed by atoms with Crippen LogP contribution in [0.5, 0.6) is 0 Å². The number of nitrogens with zero attached hydrogens (tertiary/aromatic N) is 1. The first kappa shape index (κ1) is 13.5. The van der Waals surface area contributed by atoms with Crippen molar-refractivity contribution < 1.29 is 4.39 Å². The topological polar surface area (TPSA) is 29.3 Å². The van der Waals surface area contributed by atoms with Crippen molar-refractivity contribution in [3.63, 3.8) is 0 Å². The van der Waals surface area contributed by atoms with Crippen LogP contribution in [0, 0.1) is 18.7 Å². The fraction of sp³-hybridized carbons (Fsp3) is 0.600. The zero-order valence-electron chi connectivity index (χ0n) is 11.3. The van der Waals surface area contributed by atoms with Crippen molar-refractivity contribution in [3.8, 4) is 0 Å². The Bertz CT molecular complexity index is 405. The largest absolute Gasteiger partial charge is 0.330 e. The van der Waals surface area contributed by atoms with Gasteiger partial charge in [-0.1, -0.05) is 13.0 Å². The molecule has 1 aliphatic rings. The quantitative estimate of drug-likeness (QED) is 0.890. The lowest BCUT2D eigenvalue weighted by Gasteiger charge is -2.29. The number of aryl methyl sites for hydroxylation is 1. The van der Waals surface area contributed by atoms with Gasteiger partial charge in [0.25, 0.3) is 0 Å². The van der Waals surface area contributed by atoms with Crippen LogP contribution in [0.25, 0.3) is 0 Å². The van der Waals surface area contributed by atoms with Crippen LogP contribution in [-0.4, -0.2) is 24.5 Å². The average molecular weight is 250 g/mol. The van der Waals surface area contributed by atoms with E-state index in [-0.39, 0.29) is 5.82 Å². The minimum atomic E-state index is -0.144. The summed E-state index contributed by atoms with van der Waals surface area (Å²) in [5.74, 6) is 0.312. The molecule has 0 amide bonds. The smallest absolute Gasteiger partial charge is 0.123 e. The van der Waals surface area contributed by atoms with Crippen molar-refractivity contribution in [2.45, 2.75) is 32.7 Å². The lowest BCUT2D eigenvalue weighted by Crippen LogP contribution is -2.29. The number of nitrogens with two attached hydrogens (primary N) is 1. The van der Waals surface area contributed by atoms with Gasteiger partial charge in [0.05, 0.1) is 0 Å². The molecule has 3 heteroatoms. The SMILES string of the molecule is CCCN1CCC(CN)C1c1cc(F)ccc1C. The maximum Gasteiger partial charge on any atom is 0.123 e. The molecule has 2 rings (SSSR count). The first-order valence-electron chi connectivity index (χ1n) is 6.87. The average Bonchev–Trinajstić information content (AvgIpc) is 2.75. The predicted octanol–water partition coefficient (Wildman–Crippen LogP) is 2.87. The van der Waals surface area contributed by atoms with Crippen molar-refractivity contribution in [3.05, 3.63) is 35.1 Å². The van der Waals surface area contributed by atoms with E-state index in [2.05, 4.69) is 18.7 Å². The molecule has 1 saturated heterocycles. The van der Waals surface area contributed by atoms with Gasteiger partial charge in [-0.3, -0.25) is 4.90 Å². The molecule has 0 spiro atoms. The molecule has 100 valence electrons. The third-order valence-electron chi connectivity index (χ3n) is 4.00. The van der Waals surface area contributed by atoms with Gasteiger partial charge in [0, 0.05) is 6.04 Å². The highest BCUT2D eigenvalue weighted by atomic mass is 19.1. The Kier molecular flexibility index (Phi) is 4.36. The Hall–Kier alpha value is -0.930. The van der Waals surface area contributed by atoms with Crippen LogP contribution in [-0.2, 0) is 0 Å². The summed E-state index contributed by atoms with van der Waals surface area (Å²) in [6.45, 7) is 7.07. The van der Waals surface area contributed by atoms with Crippen molar-refractivity contribution in [2.24, 2.45) is 11.7 Å². The van der Waals surface area contributed by atoms with Crippen molar-refractivity contribution in [1.29, 1.82) is 0 Å². The highest BCUT2D eigenvalue weighted by Gasteiger charge is 2.34. The molecule has 0 radical (unpaired) electrons. The third-order valence-corrected chi connectivity index (χ3v) is 4.00. The highest BCUT2D eigenvalue weighted by molar-refractivity contribution is 5.31. The van der Waals surface area contributed by atoms with Gasteiger partial charge >= 0.3 is 0 Å². The minimum Gasteiger partial charge on any atom is -0.330 e. The van der Waals surface area contributed by atoms with Crippen LogP contribution >= 0.6 is 0 Å². The number of rotatable bonds is 4. The Balaban J connectivity index is 2.33. The molecule has 2 N–H and O–H groups in total. The van der Waals surface area contributed by atoms with Crippen LogP contribution in [0.15, 0.2) is 18.2 Å². The summed E-state index contributed by atoms with van der Waals surface area (Å²) in [4.78, 5) is 2.46. The van der Waals surface area contributed by atoms with Gasteiger partial charge in [0.15, 0.2) is 0 Å². The molecule has 1 aromatic carbocycles. The van der Waals surface area contributed by atoms with Crippen LogP contribution in [0.4, 0.5) is 4.39 Å². The molecule has 1 heterocycles. The van der Waals surface area contributed by atoms with Gasteiger partial charge in [-0.05, 0) is 68.6 Å². The van der Waals surface area contributed by atoms with E-state index < -0.39 is 0 Å². The van der Waals surface area contributed by atoms with Crippen LogP contribution in [0.1, 0.15) is 36.9 Å². The fourth-order valence-corrected chi connectivity index (χ4v) is 3.09. The van der Waals surface area contributed by atoms with Crippen LogP contribution < -0.4 is 5.73 Å². The fourth-order valence-electron chi connectivity index (χ4n) is 3.09. The zero-order valence-corrected chi connectivity index (χ0v) is 11.3. The van der Waals surface area contributed by atoms with Gasteiger partial charge in [-0.15, -0.1) is 0 Å². The van der Waals surface area contributed by atoms with Gasteiger partial charge in [-0.2, -0.15) is 0 Å². The molecule has 1 aliphatic heterocycles. The molecule has 2 nitrogen and oxygen atoms in total. The maximum atomic E-state index is 13.5. The van der Waals surface area contributed by atoms with Gasteiger partial charge in [0.2, 0.25) is 0 Å². The molecular weight excluding hydrogens is 227 g/mol. The summed E-state index contributed by atoms with van der Waals surface area (Å²) >= 11 is 0. The summed E-state index contributed by atoms with van der Waals surface area (Å²) in [7, 11) is 0. The maximum absolute atomic E-state index is 13.5. The number of hydrogen-bond donors (Lipinski definition) is 1. The molecule has 0 bridgehead atoms. The molecule has 2 atom stereocenters. The Morgan fingerprint density at radius 1 is 1.44 bits per heavy atom. The number of halogens is 1. The number of benzene rings is 1. The molecule has 0 aliphatic carbocycles. The zero-order chi connectivity index (χ0) is 13.1. The summed E-state index contributed by atoms with van der Waals surface area (Å²) in [6.07, 6.45) is 2.25. The van der Waals surface area contributed by atoms with Gasteiger partial charge in [-0.25, -0.2) is 4.39 Å². The standard InChI is InChI=1S/C15H23FN2/c1-3-7-18-8-6-12(10-17)15(18)14-9-13(16)5-4-11(14)2/h4-5,9,12,15H,3,6-8,10,17H2,1-2H3. The highest BCUT2D eigenvalue weighted by Crippen LogP contribution is 2.38. The van der Waals surface area contributed by atoms with Gasteiger partial charge < -0.3 is 5.73 Å². The third kappa shape index (κ3) is 2.57. The van der Waals surface area contributed by atoms with Crippen LogP contribution in [0.3, 0.4) is 0 Å². The van der Waals surface area contributed by atoms with E-state index in [9.17, 15) is 4.39 Å². The molecule has 2 unspecified atom stereocenters. The normalized spacial score (nSPS) is 24.7. The Labute approximate surface area is 109 Å². The molecule has 1 aromatic rings. The van der Waals surface area contributed by atoms with E-state index in [4.69, 9.17) is 5.73 Å². The monoisotopic (exact) mass is 250 g/mol. The van der Waals surface area contributed by atoms with E-state index >= 15 is 0 Å². The summed E-state index contributed by atoms with van der Waals surface area (Å²) in [6, 6.07) is 5.40. The molecule has 1 fully saturated rings. The van der Waals surface area contributed by atoms with Crippen LogP contribution in [0.2, 0.25) is 0 Å². The molecule has 0 aromatic heterocycles. The summed E-state index contributed by atoms with van der Waals surface area (Å²) in [5.41, 5.74) is 8.18. The van der Waals surface area contributed by atoms with Crippen molar-refractivity contribution in [1.82, 2.24) is 4.90 Å². The molecule has 18 heavy (non-hydrogen) atoms. The summed E-state index contributed by atoms with van der Waals surface area (Å²) < 4.78 is 13.5. The number of hydrogen-bond acceptors (Lipinski definition) is 2. The van der Waals surface area contributed by atoms with E-state index in [0.29, 0.717) is 18.5 Å². The van der Waals surface area contributed by atoms with Crippen molar-refractivity contribution >= 4 is 0 Å². The lowest BCUT2D eigenvalue weighted by atomic mass is 9.91. The van der Waals surface area contributed by atoms with Gasteiger partial charge in [0.1, 0.15) is 5.82 Å². The predicted molar refractivity (Wildman–Crippen MR) is 72.9 cm³/mol. The lowest BCUT2D eigenvalue weighted by molar-refractivity contribution is 0.229. The Morgan fingerprint density at radius 2 is 2.22 bits per heavy atom. The Morgan fingerprint density at radius 3 is 2.89 bits per heavy atom.